The molecule has 0 bridgehead atoms. The zero-order valence-electron chi connectivity index (χ0n) is 12.1. The van der Waals surface area contributed by atoms with E-state index < -0.39 is 0 Å². The molecular weight excluding hydrogens is 307 g/mol. The lowest BCUT2D eigenvalue weighted by molar-refractivity contribution is 0.397. The molecule has 1 N–H and O–H groups in total. The van der Waals surface area contributed by atoms with Gasteiger partial charge in [0.1, 0.15) is 0 Å². The van der Waals surface area contributed by atoms with Crippen LogP contribution in [0.3, 0.4) is 0 Å². The molecule has 1 heterocycles. The molecule has 1 aromatic heterocycles. The molecule has 0 fully saturated rings. The Morgan fingerprint density at radius 2 is 2.05 bits per heavy atom. The zero-order chi connectivity index (χ0) is 15.2. The molecule has 0 aliphatic rings. The van der Waals surface area contributed by atoms with E-state index in [-0.39, 0.29) is 6.04 Å². The highest BCUT2D eigenvalue weighted by Gasteiger charge is 2.12. The monoisotopic (exact) mass is 324 g/mol. The zero-order valence-corrected chi connectivity index (χ0v) is 13.6. The third kappa shape index (κ3) is 4.34. The molecule has 2 aromatic rings. The van der Waals surface area contributed by atoms with Gasteiger partial charge in [0, 0.05) is 34.9 Å². The van der Waals surface area contributed by atoms with Gasteiger partial charge in [-0.2, -0.15) is 0 Å². The maximum absolute atomic E-state index is 6.27. The van der Waals surface area contributed by atoms with Gasteiger partial charge >= 0.3 is 0 Å². The van der Waals surface area contributed by atoms with Crippen LogP contribution in [0.25, 0.3) is 0 Å². The first-order valence-corrected chi connectivity index (χ1v) is 7.57. The van der Waals surface area contributed by atoms with Gasteiger partial charge in [-0.1, -0.05) is 42.3 Å². The van der Waals surface area contributed by atoms with Gasteiger partial charge in [0.25, 0.3) is 0 Å². The molecule has 1 unspecified atom stereocenters. The summed E-state index contributed by atoms with van der Waals surface area (Å²) in [6, 6.07) is 9.64. The Morgan fingerprint density at radius 1 is 1.24 bits per heavy atom. The van der Waals surface area contributed by atoms with Gasteiger partial charge in [-0.05, 0) is 29.7 Å². The minimum atomic E-state index is 0.178. The predicted octanol–water partition coefficient (Wildman–Crippen LogP) is 4.64. The highest BCUT2D eigenvalue weighted by atomic mass is 35.5. The number of methoxy groups -OCH3 is 1. The highest BCUT2D eigenvalue weighted by Crippen LogP contribution is 2.28. The minimum absolute atomic E-state index is 0.178. The fourth-order valence-corrected chi connectivity index (χ4v) is 2.68. The van der Waals surface area contributed by atoms with E-state index in [1.165, 1.54) is 0 Å². The molecule has 0 saturated heterocycles. The standard InChI is InChI=1S/C16H18Cl2N2O/c1-3-15(13-6-5-12(17)8-14(13)18)19-9-11-4-7-16(21-2)20-10-11/h4-8,10,15,19H,3,9H2,1-2H3. The van der Waals surface area contributed by atoms with E-state index in [9.17, 15) is 0 Å². The fraction of sp³-hybridized carbons (Fsp3) is 0.312. The van der Waals surface area contributed by atoms with Gasteiger partial charge in [0.2, 0.25) is 5.88 Å². The van der Waals surface area contributed by atoms with Crippen LogP contribution < -0.4 is 10.1 Å². The first-order valence-electron chi connectivity index (χ1n) is 6.81. The summed E-state index contributed by atoms with van der Waals surface area (Å²) in [6.45, 7) is 2.84. The molecule has 5 heteroatoms. The van der Waals surface area contributed by atoms with Crippen LogP contribution in [0.15, 0.2) is 36.5 Å². The molecule has 0 amide bonds. The quantitative estimate of drug-likeness (QED) is 0.840. The van der Waals surface area contributed by atoms with Crippen molar-refractivity contribution < 1.29 is 4.74 Å². The number of aromatic nitrogens is 1. The molecule has 0 aliphatic heterocycles. The van der Waals surface area contributed by atoms with Crippen LogP contribution in [0, 0.1) is 0 Å². The van der Waals surface area contributed by atoms with Gasteiger partial charge in [-0.15, -0.1) is 0 Å². The maximum atomic E-state index is 6.27. The fourth-order valence-electron chi connectivity index (χ4n) is 2.14. The van der Waals surface area contributed by atoms with Gasteiger partial charge in [-0.25, -0.2) is 4.98 Å². The number of nitrogens with one attached hydrogen (secondary N) is 1. The second-order valence-electron chi connectivity index (χ2n) is 4.72. The summed E-state index contributed by atoms with van der Waals surface area (Å²) in [5.74, 6) is 0.617. The largest absolute Gasteiger partial charge is 0.481 e. The van der Waals surface area contributed by atoms with Crippen molar-refractivity contribution in [3.05, 3.63) is 57.7 Å². The number of hydrogen-bond acceptors (Lipinski definition) is 3. The number of pyridine rings is 1. The van der Waals surface area contributed by atoms with Crippen LogP contribution in [-0.2, 0) is 6.54 Å². The lowest BCUT2D eigenvalue weighted by Crippen LogP contribution is -2.20. The molecule has 21 heavy (non-hydrogen) atoms. The summed E-state index contributed by atoms with van der Waals surface area (Å²) in [5.41, 5.74) is 2.16. The summed E-state index contributed by atoms with van der Waals surface area (Å²) in [6.07, 6.45) is 2.74. The molecule has 3 nitrogen and oxygen atoms in total. The van der Waals surface area contributed by atoms with Crippen molar-refractivity contribution in [2.45, 2.75) is 25.9 Å². The number of benzene rings is 1. The van der Waals surface area contributed by atoms with Crippen LogP contribution in [-0.4, -0.2) is 12.1 Å². The van der Waals surface area contributed by atoms with Crippen molar-refractivity contribution in [1.29, 1.82) is 0 Å². The number of rotatable bonds is 6. The van der Waals surface area contributed by atoms with Crippen molar-refractivity contribution in [1.82, 2.24) is 10.3 Å². The third-order valence-corrected chi connectivity index (χ3v) is 3.87. The topological polar surface area (TPSA) is 34.1 Å². The van der Waals surface area contributed by atoms with E-state index in [0.717, 1.165) is 17.5 Å². The lowest BCUT2D eigenvalue weighted by atomic mass is 10.0. The van der Waals surface area contributed by atoms with Crippen LogP contribution in [0.5, 0.6) is 5.88 Å². The van der Waals surface area contributed by atoms with Gasteiger partial charge in [-0.3, -0.25) is 0 Å². The van der Waals surface area contributed by atoms with Crippen LogP contribution >= 0.6 is 23.2 Å². The van der Waals surface area contributed by atoms with Crippen molar-refractivity contribution in [2.24, 2.45) is 0 Å². The molecule has 1 aromatic carbocycles. The second-order valence-corrected chi connectivity index (χ2v) is 5.56. The molecule has 0 spiro atoms. The minimum Gasteiger partial charge on any atom is -0.481 e. The molecule has 0 radical (unpaired) electrons. The summed E-state index contributed by atoms with van der Waals surface area (Å²) < 4.78 is 5.05. The lowest BCUT2D eigenvalue weighted by Gasteiger charge is -2.19. The summed E-state index contributed by atoms with van der Waals surface area (Å²) in [5, 5.41) is 4.83. The Balaban J connectivity index is 2.04. The van der Waals surface area contributed by atoms with Crippen molar-refractivity contribution in [3.63, 3.8) is 0 Å². The molecule has 1 atom stereocenters. The van der Waals surface area contributed by atoms with Crippen molar-refractivity contribution in [2.75, 3.05) is 7.11 Å². The molecule has 112 valence electrons. The van der Waals surface area contributed by atoms with Crippen molar-refractivity contribution in [3.8, 4) is 5.88 Å². The summed E-state index contributed by atoms with van der Waals surface area (Å²) in [7, 11) is 1.61. The van der Waals surface area contributed by atoms with Gasteiger partial charge in [0.15, 0.2) is 0 Å². The van der Waals surface area contributed by atoms with E-state index in [4.69, 9.17) is 27.9 Å². The van der Waals surface area contributed by atoms with E-state index in [0.29, 0.717) is 22.5 Å². The van der Waals surface area contributed by atoms with E-state index in [1.54, 1.807) is 13.2 Å². The number of hydrogen-bond donors (Lipinski definition) is 1. The van der Waals surface area contributed by atoms with Crippen molar-refractivity contribution >= 4 is 23.2 Å². The predicted molar refractivity (Wildman–Crippen MR) is 87.1 cm³/mol. The Bertz CT molecular complexity index is 587. The van der Waals surface area contributed by atoms with Gasteiger partial charge < -0.3 is 10.1 Å². The molecular formula is C16H18Cl2N2O. The smallest absolute Gasteiger partial charge is 0.212 e. The second kappa shape index (κ2) is 7.64. The van der Waals surface area contributed by atoms with E-state index in [2.05, 4.69) is 17.2 Å². The molecule has 0 saturated carbocycles. The molecule has 2 rings (SSSR count). The van der Waals surface area contributed by atoms with Crippen LogP contribution in [0.4, 0.5) is 0 Å². The Morgan fingerprint density at radius 3 is 2.62 bits per heavy atom. The molecule has 0 aliphatic carbocycles. The normalized spacial score (nSPS) is 12.2. The summed E-state index contributed by atoms with van der Waals surface area (Å²) >= 11 is 12.2. The maximum Gasteiger partial charge on any atom is 0.212 e. The summed E-state index contributed by atoms with van der Waals surface area (Å²) in [4.78, 5) is 4.20. The third-order valence-electron chi connectivity index (χ3n) is 3.31. The first-order chi connectivity index (χ1) is 10.1. The van der Waals surface area contributed by atoms with Crippen LogP contribution in [0.2, 0.25) is 10.0 Å². The number of ether oxygens (including phenoxy) is 1. The average Bonchev–Trinajstić information content (AvgIpc) is 2.50. The Hall–Kier alpha value is -1.29. The van der Waals surface area contributed by atoms with Crippen LogP contribution in [0.1, 0.15) is 30.5 Å². The Kier molecular flexibility index (Phi) is 5.85. The highest BCUT2D eigenvalue weighted by molar-refractivity contribution is 6.35. The number of nitrogens with zero attached hydrogens (tertiary/aromatic N) is 1. The average molecular weight is 325 g/mol. The first kappa shape index (κ1) is 16.1. The SMILES string of the molecule is CCC(NCc1ccc(OC)nc1)c1ccc(Cl)cc1Cl. The van der Waals surface area contributed by atoms with E-state index >= 15 is 0 Å². The van der Waals surface area contributed by atoms with E-state index in [1.807, 2.05) is 30.5 Å². The number of halogens is 2. The Labute approximate surface area is 135 Å². The van der Waals surface area contributed by atoms with Gasteiger partial charge in [0.05, 0.1) is 7.11 Å².